The van der Waals surface area contributed by atoms with Crippen LogP contribution in [0.2, 0.25) is 15.1 Å². The number of benzene rings is 4. The third kappa shape index (κ3) is 7.88. The minimum atomic E-state index is -0.301. The first-order valence-electron chi connectivity index (χ1n) is 12.9. The summed E-state index contributed by atoms with van der Waals surface area (Å²) in [5, 5.41) is 15.0. The molecule has 0 aliphatic heterocycles. The van der Waals surface area contributed by atoms with Gasteiger partial charge in [-0.1, -0.05) is 70.8 Å². The van der Waals surface area contributed by atoms with E-state index >= 15 is 0 Å². The highest BCUT2D eigenvalue weighted by Crippen LogP contribution is 2.30. The monoisotopic (exact) mass is 651 g/mol. The van der Waals surface area contributed by atoms with E-state index < -0.39 is 0 Å². The molecule has 0 spiro atoms. The van der Waals surface area contributed by atoms with Crippen LogP contribution in [0.1, 0.15) is 11.1 Å². The largest absolute Gasteiger partial charge is 0.493 e. The molecule has 0 radical (unpaired) electrons. The summed E-state index contributed by atoms with van der Waals surface area (Å²) >= 11 is 19.4. The fourth-order valence-corrected chi connectivity index (χ4v) is 5.17. The molecule has 5 aromatic rings. The highest BCUT2D eigenvalue weighted by Gasteiger charge is 2.17. The van der Waals surface area contributed by atoms with Crippen molar-refractivity contribution in [3.05, 3.63) is 117 Å². The number of nitrogens with one attached hydrogen (secondary N) is 1. The molecule has 8 nitrogen and oxygen atoms in total. The lowest BCUT2D eigenvalue weighted by atomic mass is 10.2. The van der Waals surface area contributed by atoms with Gasteiger partial charge in [-0.2, -0.15) is 5.10 Å². The summed E-state index contributed by atoms with van der Waals surface area (Å²) in [4.78, 5) is 12.6. The predicted octanol–water partition coefficient (Wildman–Crippen LogP) is 7.72. The Bertz CT molecular complexity index is 1750. The molecule has 0 saturated carbocycles. The zero-order valence-corrected chi connectivity index (χ0v) is 25.8. The first kappa shape index (κ1) is 30.4. The number of hydrogen-bond donors (Lipinski definition) is 1. The summed E-state index contributed by atoms with van der Waals surface area (Å²) in [7, 11) is 1.55. The van der Waals surface area contributed by atoms with Crippen molar-refractivity contribution in [2.24, 2.45) is 5.10 Å². The van der Waals surface area contributed by atoms with Gasteiger partial charge >= 0.3 is 0 Å². The van der Waals surface area contributed by atoms with Crippen LogP contribution in [0, 0.1) is 0 Å². The molecule has 1 heterocycles. The average molecular weight is 653 g/mol. The van der Waals surface area contributed by atoms with E-state index in [0.717, 1.165) is 16.8 Å². The number of methoxy groups -OCH3 is 1. The van der Waals surface area contributed by atoms with Gasteiger partial charge in [-0.05, 0) is 77.9 Å². The average Bonchev–Trinajstić information content (AvgIpc) is 3.45. The van der Waals surface area contributed by atoms with Crippen LogP contribution in [-0.2, 0) is 11.4 Å². The van der Waals surface area contributed by atoms with Crippen molar-refractivity contribution >= 4 is 58.7 Å². The number of hydrazone groups is 1. The molecule has 218 valence electrons. The zero-order valence-electron chi connectivity index (χ0n) is 22.7. The number of carbonyl (C=O) groups is 1. The fraction of sp³-hybridized carbons (Fsp3) is 0.0968. The topological polar surface area (TPSA) is 90.6 Å². The summed E-state index contributed by atoms with van der Waals surface area (Å²) in [6.07, 6.45) is 1.53. The molecule has 5 rings (SSSR count). The number of thioether (sulfide) groups is 1. The van der Waals surface area contributed by atoms with Crippen LogP contribution in [0.3, 0.4) is 0 Å². The van der Waals surface area contributed by atoms with E-state index in [-0.39, 0.29) is 18.3 Å². The lowest BCUT2D eigenvalue weighted by Crippen LogP contribution is -2.20. The van der Waals surface area contributed by atoms with Gasteiger partial charge in [0.25, 0.3) is 5.91 Å². The first-order valence-corrected chi connectivity index (χ1v) is 15.0. The maximum absolute atomic E-state index is 12.6. The third-order valence-corrected chi connectivity index (χ3v) is 7.97. The predicted molar refractivity (Wildman–Crippen MR) is 172 cm³/mol. The first-order chi connectivity index (χ1) is 20.9. The molecular weight excluding hydrogens is 629 g/mol. The van der Waals surface area contributed by atoms with Crippen LogP contribution in [0.4, 0.5) is 0 Å². The summed E-state index contributed by atoms with van der Waals surface area (Å²) in [5.74, 6) is 1.48. The number of carbonyl (C=O) groups excluding carboxylic acids is 1. The number of hydrogen-bond acceptors (Lipinski definition) is 7. The van der Waals surface area contributed by atoms with Gasteiger partial charge in [0.05, 0.1) is 29.1 Å². The number of amides is 1. The molecule has 0 saturated heterocycles. The van der Waals surface area contributed by atoms with E-state index in [1.54, 1.807) is 49.6 Å². The second kappa shape index (κ2) is 14.4. The van der Waals surface area contributed by atoms with Gasteiger partial charge in [-0.15, -0.1) is 10.2 Å². The van der Waals surface area contributed by atoms with Gasteiger partial charge < -0.3 is 9.47 Å². The molecule has 0 aliphatic carbocycles. The molecule has 0 atom stereocenters. The zero-order chi connectivity index (χ0) is 30.2. The van der Waals surface area contributed by atoms with Gasteiger partial charge in [0.2, 0.25) is 0 Å². The van der Waals surface area contributed by atoms with Crippen LogP contribution in [0.15, 0.2) is 101 Å². The normalized spacial score (nSPS) is 11.1. The molecule has 1 N–H and O–H groups in total. The maximum atomic E-state index is 12.6. The van der Waals surface area contributed by atoms with Gasteiger partial charge in [0.15, 0.2) is 22.5 Å². The van der Waals surface area contributed by atoms with Crippen molar-refractivity contribution in [1.82, 2.24) is 20.2 Å². The fourth-order valence-electron chi connectivity index (χ4n) is 3.97. The molecule has 1 amide bonds. The summed E-state index contributed by atoms with van der Waals surface area (Å²) < 4.78 is 13.3. The van der Waals surface area contributed by atoms with Crippen molar-refractivity contribution in [2.75, 3.05) is 12.9 Å². The number of nitrogens with zero attached hydrogens (tertiary/aromatic N) is 4. The number of aromatic nitrogens is 3. The van der Waals surface area contributed by atoms with E-state index in [4.69, 9.17) is 44.3 Å². The highest BCUT2D eigenvalue weighted by molar-refractivity contribution is 7.99. The van der Waals surface area contributed by atoms with Gasteiger partial charge in [0.1, 0.15) is 6.61 Å². The van der Waals surface area contributed by atoms with Gasteiger partial charge in [-0.3, -0.25) is 9.36 Å². The Labute approximate surface area is 267 Å². The second-order valence-electron chi connectivity index (χ2n) is 9.01. The number of halogens is 3. The lowest BCUT2D eigenvalue weighted by Gasteiger charge is -2.12. The molecule has 12 heteroatoms. The van der Waals surface area contributed by atoms with Crippen molar-refractivity contribution in [1.29, 1.82) is 0 Å². The van der Waals surface area contributed by atoms with Crippen LogP contribution >= 0.6 is 46.6 Å². The number of rotatable bonds is 11. The minimum Gasteiger partial charge on any atom is -0.493 e. The second-order valence-corrected chi connectivity index (χ2v) is 11.2. The van der Waals surface area contributed by atoms with E-state index in [1.165, 1.54) is 18.0 Å². The standard InChI is InChI=1S/C31H24Cl3N5O3S/c1-41-28-16-20(8-14-27(28)42-18-21-7-13-25(33)26(34)15-21)17-35-36-29(40)19-43-31-38-37-30(22-9-11-23(32)12-10-22)39(31)24-5-3-2-4-6-24/h2-17H,18-19H2,1H3,(H,36,40)/b35-17+. The SMILES string of the molecule is COc1cc(/C=N/NC(=O)CSc2nnc(-c3ccc(Cl)cc3)n2-c2ccccc2)ccc1OCc1ccc(Cl)c(Cl)c1. The molecule has 0 unspecified atom stereocenters. The Hall–Kier alpha value is -4.02. The van der Waals surface area contributed by atoms with Crippen LogP contribution in [0.5, 0.6) is 11.5 Å². The lowest BCUT2D eigenvalue weighted by molar-refractivity contribution is -0.118. The summed E-state index contributed by atoms with van der Waals surface area (Å²) in [6, 6.07) is 27.7. The Kier molecular flexibility index (Phi) is 10.2. The maximum Gasteiger partial charge on any atom is 0.250 e. The van der Waals surface area contributed by atoms with E-state index in [9.17, 15) is 4.79 Å². The minimum absolute atomic E-state index is 0.0771. The Balaban J connectivity index is 1.21. The number of para-hydroxylation sites is 1. The quantitative estimate of drug-likeness (QED) is 0.0893. The molecule has 1 aromatic heterocycles. The van der Waals surface area contributed by atoms with Crippen molar-refractivity contribution in [3.8, 4) is 28.6 Å². The van der Waals surface area contributed by atoms with Crippen LogP contribution < -0.4 is 14.9 Å². The summed E-state index contributed by atoms with van der Waals surface area (Å²) in [5.41, 5.74) is 5.86. The van der Waals surface area contributed by atoms with Crippen LogP contribution in [0.25, 0.3) is 17.1 Å². The molecule has 4 aromatic carbocycles. The van der Waals surface area contributed by atoms with Crippen molar-refractivity contribution in [3.63, 3.8) is 0 Å². The van der Waals surface area contributed by atoms with E-state index in [2.05, 4.69) is 20.7 Å². The summed E-state index contributed by atoms with van der Waals surface area (Å²) in [6.45, 7) is 0.285. The molecule has 0 fully saturated rings. The van der Waals surface area contributed by atoms with Crippen LogP contribution in [-0.4, -0.2) is 39.7 Å². The van der Waals surface area contributed by atoms with Crippen molar-refractivity contribution in [2.45, 2.75) is 11.8 Å². The Morgan fingerprint density at radius 1 is 0.930 bits per heavy atom. The Morgan fingerprint density at radius 2 is 1.72 bits per heavy atom. The van der Waals surface area contributed by atoms with E-state index in [0.29, 0.717) is 43.1 Å². The molecule has 0 aliphatic rings. The Morgan fingerprint density at radius 3 is 2.47 bits per heavy atom. The highest BCUT2D eigenvalue weighted by atomic mass is 35.5. The number of ether oxygens (including phenoxy) is 2. The van der Waals surface area contributed by atoms with Gasteiger partial charge in [-0.25, -0.2) is 5.43 Å². The van der Waals surface area contributed by atoms with Gasteiger partial charge in [0, 0.05) is 16.3 Å². The molecular formula is C31H24Cl3N5O3S. The third-order valence-electron chi connectivity index (χ3n) is 6.05. The smallest absolute Gasteiger partial charge is 0.250 e. The molecule has 0 bridgehead atoms. The molecule has 43 heavy (non-hydrogen) atoms. The van der Waals surface area contributed by atoms with Crippen molar-refractivity contribution < 1.29 is 14.3 Å². The van der Waals surface area contributed by atoms with E-state index in [1.807, 2.05) is 53.1 Å².